The van der Waals surface area contributed by atoms with Crippen LogP contribution in [0.4, 0.5) is 0 Å². The first-order valence-electron chi connectivity index (χ1n) is 6.97. The molecule has 0 heterocycles. The van der Waals surface area contributed by atoms with Gasteiger partial charge in [-0.15, -0.1) is 0 Å². The number of aliphatic hydroxyl groups is 2. The van der Waals surface area contributed by atoms with Crippen molar-refractivity contribution >= 4 is 23.5 Å². The summed E-state index contributed by atoms with van der Waals surface area (Å²) in [5.74, 6) is -5.88. The summed E-state index contributed by atoms with van der Waals surface area (Å²) in [5.41, 5.74) is 11.0. The van der Waals surface area contributed by atoms with Crippen molar-refractivity contribution in [2.75, 3.05) is 0 Å². The van der Waals surface area contributed by atoms with Crippen molar-refractivity contribution in [2.45, 2.75) is 56.0 Å². The lowest BCUT2D eigenvalue weighted by Crippen LogP contribution is -2.66. The summed E-state index contributed by atoms with van der Waals surface area (Å²) >= 11 is 0. The SMILES string of the molecule is CC(O)C(N)(C(=O)O)C(=O)CCC(N)C(=O)C(N)(C(=O)O)C(C)O. The van der Waals surface area contributed by atoms with Crippen LogP contribution in [0.3, 0.4) is 0 Å². The molecule has 0 aromatic heterocycles. The molecule has 0 rings (SSSR count). The molecule has 0 aromatic rings. The molecule has 0 saturated carbocycles. The Morgan fingerprint density at radius 3 is 1.58 bits per heavy atom. The third kappa shape index (κ3) is 3.94. The molecular formula is C13H23N3O8. The van der Waals surface area contributed by atoms with Crippen LogP contribution in [0.2, 0.25) is 0 Å². The second-order valence-electron chi connectivity index (χ2n) is 5.63. The molecule has 0 aliphatic heterocycles. The van der Waals surface area contributed by atoms with E-state index in [2.05, 4.69) is 0 Å². The maximum atomic E-state index is 12.1. The third-order valence-electron chi connectivity index (χ3n) is 3.91. The van der Waals surface area contributed by atoms with Crippen LogP contribution in [-0.4, -0.2) is 73.3 Å². The number of hydrogen-bond acceptors (Lipinski definition) is 9. The van der Waals surface area contributed by atoms with E-state index in [-0.39, 0.29) is 0 Å². The number of carbonyl (C=O) groups excluding carboxylic acids is 2. The second kappa shape index (κ2) is 7.77. The van der Waals surface area contributed by atoms with Gasteiger partial charge in [0.25, 0.3) is 0 Å². The molecule has 11 nitrogen and oxygen atoms in total. The van der Waals surface area contributed by atoms with Crippen LogP contribution in [0.1, 0.15) is 26.7 Å². The molecule has 0 radical (unpaired) electrons. The minimum Gasteiger partial charge on any atom is -0.479 e. The molecule has 5 atom stereocenters. The predicted molar refractivity (Wildman–Crippen MR) is 79.7 cm³/mol. The van der Waals surface area contributed by atoms with E-state index in [1.807, 2.05) is 0 Å². The number of ketones is 2. The summed E-state index contributed by atoms with van der Waals surface area (Å²) in [5, 5.41) is 36.8. The van der Waals surface area contributed by atoms with E-state index in [9.17, 15) is 29.4 Å². The first kappa shape index (κ1) is 22.1. The number of carbonyl (C=O) groups is 4. The lowest BCUT2D eigenvalue weighted by atomic mass is 9.82. The molecule has 0 spiro atoms. The predicted octanol–water partition coefficient (Wildman–Crippen LogP) is -3.44. The van der Waals surface area contributed by atoms with Crippen LogP contribution >= 0.6 is 0 Å². The molecule has 0 aliphatic rings. The fraction of sp³-hybridized carbons (Fsp3) is 0.692. The smallest absolute Gasteiger partial charge is 0.334 e. The van der Waals surface area contributed by atoms with Crippen LogP contribution in [0.25, 0.3) is 0 Å². The van der Waals surface area contributed by atoms with Gasteiger partial charge in [-0.2, -0.15) is 0 Å². The van der Waals surface area contributed by atoms with Crippen molar-refractivity contribution in [1.82, 2.24) is 0 Å². The molecule has 11 heteroatoms. The zero-order chi connectivity index (χ0) is 19.5. The number of Topliss-reactive ketones (excluding diaryl/α,β-unsaturated/α-hetero) is 2. The lowest BCUT2D eigenvalue weighted by molar-refractivity contribution is -0.154. The van der Waals surface area contributed by atoms with Gasteiger partial charge in [0.15, 0.2) is 17.1 Å². The average molecular weight is 349 g/mol. The van der Waals surface area contributed by atoms with Crippen molar-refractivity contribution in [3.8, 4) is 0 Å². The van der Waals surface area contributed by atoms with Crippen LogP contribution in [0.15, 0.2) is 0 Å². The first-order valence-corrected chi connectivity index (χ1v) is 6.97. The van der Waals surface area contributed by atoms with Gasteiger partial charge in [0, 0.05) is 6.42 Å². The topological polar surface area (TPSA) is 227 Å². The van der Waals surface area contributed by atoms with E-state index in [0.717, 1.165) is 13.8 Å². The van der Waals surface area contributed by atoms with Gasteiger partial charge in [0.1, 0.15) is 0 Å². The standard InChI is InChI=1S/C13H23N3O8/c1-5(17)12(15,10(21)22)8(19)4-3-7(14)9(20)13(16,6(2)18)11(23)24/h5-7,17-18H,3-4,14-16H2,1-2H3,(H,21,22)(H,23,24). The van der Waals surface area contributed by atoms with E-state index in [0.29, 0.717) is 0 Å². The van der Waals surface area contributed by atoms with E-state index in [4.69, 9.17) is 27.4 Å². The molecule has 138 valence electrons. The van der Waals surface area contributed by atoms with Gasteiger partial charge >= 0.3 is 11.9 Å². The lowest BCUT2D eigenvalue weighted by Gasteiger charge is -2.29. The Kier molecular flexibility index (Phi) is 7.15. The summed E-state index contributed by atoms with van der Waals surface area (Å²) in [4.78, 5) is 46.3. The number of aliphatic carboxylic acids is 2. The summed E-state index contributed by atoms with van der Waals surface area (Å²) in [6.45, 7) is 2.01. The van der Waals surface area contributed by atoms with Crippen LogP contribution in [0, 0.1) is 0 Å². The quantitative estimate of drug-likeness (QED) is 0.192. The van der Waals surface area contributed by atoms with Crippen molar-refractivity contribution < 1.29 is 39.6 Å². The third-order valence-corrected chi connectivity index (χ3v) is 3.91. The molecule has 5 unspecified atom stereocenters. The summed E-state index contributed by atoms with van der Waals surface area (Å²) in [6.07, 6.45) is -4.54. The Hall–Kier alpha value is -1.92. The fourth-order valence-electron chi connectivity index (χ4n) is 1.95. The van der Waals surface area contributed by atoms with Crippen molar-refractivity contribution in [2.24, 2.45) is 17.2 Å². The zero-order valence-corrected chi connectivity index (χ0v) is 13.3. The fourth-order valence-corrected chi connectivity index (χ4v) is 1.95. The van der Waals surface area contributed by atoms with Gasteiger partial charge in [0.05, 0.1) is 18.2 Å². The van der Waals surface area contributed by atoms with Gasteiger partial charge in [-0.25, -0.2) is 9.59 Å². The molecular weight excluding hydrogens is 326 g/mol. The minimum atomic E-state index is -2.67. The Balaban J connectivity index is 5.18. The maximum absolute atomic E-state index is 12.1. The monoisotopic (exact) mass is 349 g/mol. The number of nitrogens with two attached hydrogens (primary N) is 3. The number of carboxylic acids is 2. The highest BCUT2D eigenvalue weighted by molar-refractivity contribution is 6.11. The highest BCUT2D eigenvalue weighted by atomic mass is 16.4. The van der Waals surface area contributed by atoms with Crippen LogP contribution in [-0.2, 0) is 19.2 Å². The van der Waals surface area contributed by atoms with E-state index >= 15 is 0 Å². The second-order valence-corrected chi connectivity index (χ2v) is 5.63. The van der Waals surface area contributed by atoms with E-state index < -0.39 is 65.7 Å². The van der Waals surface area contributed by atoms with Gasteiger partial charge < -0.3 is 37.6 Å². The Morgan fingerprint density at radius 2 is 1.29 bits per heavy atom. The molecule has 0 aliphatic carbocycles. The van der Waals surface area contributed by atoms with E-state index in [1.54, 1.807) is 0 Å². The normalized spacial score (nSPS) is 20.1. The van der Waals surface area contributed by atoms with Gasteiger partial charge in [-0.1, -0.05) is 0 Å². The number of rotatable bonds is 10. The molecule has 0 amide bonds. The molecule has 0 saturated heterocycles. The van der Waals surface area contributed by atoms with Gasteiger partial charge in [0.2, 0.25) is 5.54 Å². The highest BCUT2D eigenvalue weighted by Gasteiger charge is 2.50. The Labute approximate surface area is 137 Å². The highest BCUT2D eigenvalue weighted by Crippen LogP contribution is 2.17. The largest absolute Gasteiger partial charge is 0.479 e. The number of aliphatic hydroxyl groups excluding tert-OH is 2. The summed E-state index contributed by atoms with van der Waals surface area (Å²) in [6, 6.07) is -1.56. The zero-order valence-electron chi connectivity index (χ0n) is 13.3. The van der Waals surface area contributed by atoms with Gasteiger partial charge in [-0.05, 0) is 20.3 Å². The molecule has 10 N–H and O–H groups in total. The Morgan fingerprint density at radius 1 is 0.917 bits per heavy atom. The average Bonchev–Trinajstić information content (AvgIpc) is 2.48. The summed E-state index contributed by atoms with van der Waals surface area (Å²) < 4.78 is 0. The van der Waals surface area contributed by atoms with Crippen molar-refractivity contribution in [3.63, 3.8) is 0 Å². The van der Waals surface area contributed by atoms with E-state index in [1.165, 1.54) is 0 Å². The number of hydrogen-bond donors (Lipinski definition) is 7. The van der Waals surface area contributed by atoms with Crippen molar-refractivity contribution in [1.29, 1.82) is 0 Å². The molecule has 24 heavy (non-hydrogen) atoms. The Bertz CT molecular complexity index is 535. The molecule has 0 fully saturated rings. The molecule has 0 aromatic carbocycles. The summed E-state index contributed by atoms with van der Waals surface area (Å²) in [7, 11) is 0. The van der Waals surface area contributed by atoms with Crippen LogP contribution < -0.4 is 17.2 Å². The van der Waals surface area contributed by atoms with Crippen molar-refractivity contribution in [3.05, 3.63) is 0 Å². The van der Waals surface area contributed by atoms with Crippen LogP contribution in [0.5, 0.6) is 0 Å². The minimum absolute atomic E-state index is 0.463. The first-order chi connectivity index (χ1) is 10.7. The maximum Gasteiger partial charge on any atom is 0.334 e. The molecule has 0 bridgehead atoms. The number of carboxylic acid groups (broad SMARTS) is 2. The van der Waals surface area contributed by atoms with Gasteiger partial charge in [-0.3, -0.25) is 9.59 Å².